The fraction of sp³-hybridized carbons (Fsp3) is 0.167. The van der Waals surface area contributed by atoms with Gasteiger partial charge in [-0.15, -0.1) is 0 Å². The van der Waals surface area contributed by atoms with Gasteiger partial charge in [0.1, 0.15) is 0 Å². The molecule has 2 aromatic rings. The molecule has 0 radical (unpaired) electrons. The van der Waals surface area contributed by atoms with Crippen LogP contribution in [-0.2, 0) is 6.18 Å². The third-order valence-corrected chi connectivity index (χ3v) is 2.29. The molecule has 1 aromatic heterocycles. The van der Waals surface area contributed by atoms with Crippen molar-refractivity contribution >= 4 is 0 Å². The van der Waals surface area contributed by atoms with Crippen LogP contribution in [-0.4, -0.2) is 9.97 Å². The van der Waals surface area contributed by atoms with Gasteiger partial charge in [0.25, 0.3) is 0 Å². The zero-order valence-electron chi connectivity index (χ0n) is 8.99. The Kier molecular flexibility index (Phi) is 2.83. The molecule has 1 aromatic carbocycles. The van der Waals surface area contributed by atoms with Crippen LogP contribution >= 0.6 is 0 Å². The van der Waals surface area contributed by atoms with Crippen LogP contribution in [0.2, 0.25) is 0 Å². The zero-order valence-corrected chi connectivity index (χ0v) is 8.99. The number of hydrogen-bond acceptors (Lipinski definition) is 2. The molecular formula is C12H9F3N2. The summed E-state index contributed by atoms with van der Waals surface area (Å²) in [7, 11) is 0. The van der Waals surface area contributed by atoms with E-state index in [0.29, 0.717) is 11.3 Å². The minimum atomic E-state index is -4.31. The smallest absolute Gasteiger partial charge is 0.258 e. The van der Waals surface area contributed by atoms with Gasteiger partial charge in [0.2, 0.25) is 0 Å². The van der Waals surface area contributed by atoms with Crippen LogP contribution in [0.1, 0.15) is 11.3 Å². The summed E-state index contributed by atoms with van der Waals surface area (Å²) < 4.78 is 37.0. The first-order valence-electron chi connectivity index (χ1n) is 4.93. The Morgan fingerprint density at radius 3 is 2.06 bits per heavy atom. The number of hydrogen-bond donors (Lipinski definition) is 0. The number of nitrogens with zero attached hydrogens (tertiary/aromatic N) is 2. The molecule has 0 amide bonds. The molecule has 17 heavy (non-hydrogen) atoms. The normalized spacial score (nSPS) is 11.5. The van der Waals surface area contributed by atoms with Gasteiger partial charge in [-0.05, 0) is 19.1 Å². The maximum Gasteiger partial charge on any atom is 0.416 e. The lowest BCUT2D eigenvalue weighted by atomic mass is 10.1. The Balaban J connectivity index is 2.33. The highest BCUT2D eigenvalue weighted by molar-refractivity contribution is 5.58. The van der Waals surface area contributed by atoms with Crippen molar-refractivity contribution in [2.75, 3.05) is 0 Å². The molecule has 0 aliphatic carbocycles. The highest BCUT2D eigenvalue weighted by Crippen LogP contribution is 2.30. The molecule has 88 valence electrons. The summed E-state index contributed by atoms with van der Waals surface area (Å²) in [6, 6.07) is 4.86. The highest BCUT2D eigenvalue weighted by atomic mass is 19.4. The summed E-state index contributed by atoms with van der Waals surface area (Å²) in [6.07, 6.45) is -1.19. The summed E-state index contributed by atoms with van der Waals surface area (Å²) in [4.78, 5) is 8.14. The van der Waals surface area contributed by atoms with E-state index in [-0.39, 0.29) is 0 Å². The fourth-order valence-electron chi connectivity index (χ4n) is 1.37. The van der Waals surface area contributed by atoms with Gasteiger partial charge >= 0.3 is 6.18 Å². The molecule has 5 heteroatoms. The quantitative estimate of drug-likeness (QED) is 0.760. The SMILES string of the molecule is Cc1cnc(-c2ccc(C(F)(F)F)cc2)cn1. The summed E-state index contributed by atoms with van der Waals surface area (Å²) in [5.74, 6) is 0. The van der Waals surface area contributed by atoms with Crippen molar-refractivity contribution in [2.24, 2.45) is 0 Å². The lowest BCUT2D eigenvalue weighted by Crippen LogP contribution is -2.04. The number of alkyl halides is 3. The van der Waals surface area contributed by atoms with Gasteiger partial charge in [0, 0.05) is 11.8 Å². The number of rotatable bonds is 1. The first-order valence-corrected chi connectivity index (χ1v) is 4.93. The number of aryl methyl sites for hydroxylation is 1. The first kappa shape index (κ1) is 11.6. The Bertz CT molecular complexity index is 501. The fourth-order valence-corrected chi connectivity index (χ4v) is 1.37. The van der Waals surface area contributed by atoms with Gasteiger partial charge in [0.05, 0.1) is 23.1 Å². The zero-order chi connectivity index (χ0) is 12.5. The van der Waals surface area contributed by atoms with Crippen molar-refractivity contribution < 1.29 is 13.2 Å². The van der Waals surface area contributed by atoms with Gasteiger partial charge in [-0.2, -0.15) is 13.2 Å². The molecular weight excluding hydrogens is 229 g/mol. The van der Waals surface area contributed by atoms with Crippen molar-refractivity contribution in [1.82, 2.24) is 9.97 Å². The average molecular weight is 238 g/mol. The van der Waals surface area contributed by atoms with E-state index in [1.807, 2.05) is 0 Å². The molecule has 0 saturated carbocycles. The van der Waals surface area contributed by atoms with E-state index < -0.39 is 11.7 Å². The van der Waals surface area contributed by atoms with E-state index in [4.69, 9.17) is 0 Å². The van der Waals surface area contributed by atoms with Crippen molar-refractivity contribution in [3.05, 3.63) is 47.9 Å². The second-order valence-electron chi connectivity index (χ2n) is 3.62. The average Bonchev–Trinajstić information content (AvgIpc) is 2.29. The minimum absolute atomic E-state index is 0.560. The van der Waals surface area contributed by atoms with Crippen LogP contribution in [0.3, 0.4) is 0 Å². The maximum atomic E-state index is 12.3. The molecule has 0 atom stereocenters. The van der Waals surface area contributed by atoms with Crippen molar-refractivity contribution in [1.29, 1.82) is 0 Å². The van der Waals surface area contributed by atoms with Crippen molar-refractivity contribution in [3.63, 3.8) is 0 Å². The predicted molar refractivity (Wildman–Crippen MR) is 57.2 cm³/mol. The van der Waals surface area contributed by atoms with Gasteiger partial charge in [-0.1, -0.05) is 12.1 Å². The topological polar surface area (TPSA) is 25.8 Å². The molecule has 2 nitrogen and oxygen atoms in total. The Morgan fingerprint density at radius 2 is 1.59 bits per heavy atom. The minimum Gasteiger partial charge on any atom is -0.258 e. The third kappa shape index (κ3) is 2.61. The first-order chi connectivity index (χ1) is 7.97. The molecule has 0 aliphatic heterocycles. The van der Waals surface area contributed by atoms with Crippen LogP contribution in [0.25, 0.3) is 11.3 Å². The lowest BCUT2D eigenvalue weighted by Gasteiger charge is -2.07. The maximum absolute atomic E-state index is 12.3. The van der Waals surface area contributed by atoms with Gasteiger partial charge < -0.3 is 0 Å². The van der Waals surface area contributed by atoms with E-state index in [1.54, 1.807) is 13.1 Å². The Labute approximate surface area is 96.2 Å². The van der Waals surface area contributed by atoms with E-state index >= 15 is 0 Å². The van der Waals surface area contributed by atoms with E-state index in [2.05, 4.69) is 9.97 Å². The van der Waals surface area contributed by atoms with Gasteiger partial charge in [-0.25, -0.2) is 0 Å². The van der Waals surface area contributed by atoms with Crippen LogP contribution in [0.5, 0.6) is 0 Å². The number of halogens is 3. The van der Waals surface area contributed by atoms with Crippen LogP contribution in [0.4, 0.5) is 13.2 Å². The molecule has 0 bridgehead atoms. The lowest BCUT2D eigenvalue weighted by molar-refractivity contribution is -0.137. The Hall–Kier alpha value is -1.91. The monoisotopic (exact) mass is 238 g/mol. The number of benzene rings is 1. The largest absolute Gasteiger partial charge is 0.416 e. The predicted octanol–water partition coefficient (Wildman–Crippen LogP) is 3.47. The molecule has 0 fully saturated rings. The summed E-state index contributed by atoms with van der Waals surface area (Å²) in [6.45, 7) is 1.80. The second-order valence-corrected chi connectivity index (χ2v) is 3.62. The van der Waals surface area contributed by atoms with E-state index in [0.717, 1.165) is 17.8 Å². The van der Waals surface area contributed by atoms with Crippen LogP contribution < -0.4 is 0 Å². The van der Waals surface area contributed by atoms with E-state index in [1.165, 1.54) is 18.3 Å². The van der Waals surface area contributed by atoms with Gasteiger partial charge in [0.15, 0.2) is 0 Å². The standard InChI is InChI=1S/C12H9F3N2/c1-8-6-17-11(7-16-8)9-2-4-10(5-3-9)12(13,14)15/h2-7H,1H3. The molecule has 0 spiro atoms. The van der Waals surface area contributed by atoms with Crippen molar-refractivity contribution in [2.45, 2.75) is 13.1 Å². The van der Waals surface area contributed by atoms with Gasteiger partial charge in [-0.3, -0.25) is 9.97 Å². The molecule has 0 aliphatic rings. The third-order valence-electron chi connectivity index (χ3n) is 2.29. The second kappa shape index (κ2) is 4.16. The van der Waals surface area contributed by atoms with Crippen LogP contribution in [0, 0.1) is 6.92 Å². The molecule has 2 rings (SSSR count). The number of aromatic nitrogens is 2. The van der Waals surface area contributed by atoms with Crippen LogP contribution in [0.15, 0.2) is 36.7 Å². The summed E-state index contributed by atoms with van der Waals surface area (Å²) >= 11 is 0. The summed E-state index contributed by atoms with van der Waals surface area (Å²) in [5.41, 5.74) is 1.27. The molecule has 0 N–H and O–H groups in total. The molecule has 1 heterocycles. The highest BCUT2D eigenvalue weighted by Gasteiger charge is 2.29. The Morgan fingerprint density at radius 1 is 0.941 bits per heavy atom. The molecule has 0 saturated heterocycles. The molecule has 0 unspecified atom stereocenters. The van der Waals surface area contributed by atoms with E-state index in [9.17, 15) is 13.2 Å². The summed E-state index contributed by atoms with van der Waals surface area (Å²) in [5, 5.41) is 0. The van der Waals surface area contributed by atoms with Crippen molar-refractivity contribution in [3.8, 4) is 11.3 Å².